The number of thiazole rings is 1. The van der Waals surface area contributed by atoms with Crippen LogP contribution in [0.1, 0.15) is 29.2 Å². The van der Waals surface area contributed by atoms with Crippen molar-refractivity contribution in [3.8, 4) is 17.0 Å². The molecule has 0 saturated heterocycles. The molecular weight excluding hydrogens is 246 g/mol. The minimum absolute atomic E-state index is 0.511. The topological polar surface area (TPSA) is 39.2 Å². The third-order valence-corrected chi connectivity index (χ3v) is 3.43. The van der Waals surface area contributed by atoms with Crippen molar-refractivity contribution < 1.29 is 9.53 Å². The van der Waals surface area contributed by atoms with Crippen LogP contribution in [0.25, 0.3) is 11.3 Å². The van der Waals surface area contributed by atoms with Gasteiger partial charge in [0.2, 0.25) is 0 Å². The van der Waals surface area contributed by atoms with E-state index in [-0.39, 0.29) is 0 Å². The van der Waals surface area contributed by atoms with E-state index in [1.807, 2.05) is 24.4 Å². The lowest BCUT2D eigenvalue weighted by atomic mass is 10.1. The lowest BCUT2D eigenvalue weighted by Gasteiger charge is -2.09. The van der Waals surface area contributed by atoms with Crippen LogP contribution in [0.4, 0.5) is 0 Å². The number of aromatic nitrogens is 1. The molecule has 0 atom stereocenters. The number of carbonyl (C=O) groups excluding carboxylic acids is 1. The van der Waals surface area contributed by atoms with Crippen molar-refractivity contribution in [3.05, 3.63) is 34.2 Å². The van der Waals surface area contributed by atoms with Gasteiger partial charge >= 0.3 is 0 Å². The summed E-state index contributed by atoms with van der Waals surface area (Å²) in [6, 6.07) is 6.03. The highest BCUT2D eigenvalue weighted by Crippen LogP contribution is 2.27. The standard InChI is InChI=1S/C14H15NO2S/c1-3-10-7-11(5-6-13(10)17-4-2)12-9-18-14(8-16)15-12/h5-9H,3-4H2,1-2H3. The van der Waals surface area contributed by atoms with Crippen molar-refractivity contribution in [2.45, 2.75) is 20.3 Å². The lowest BCUT2D eigenvalue weighted by molar-refractivity contribution is 0.112. The van der Waals surface area contributed by atoms with Crippen LogP contribution >= 0.6 is 11.3 Å². The van der Waals surface area contributed by atoms with Crippen LogP contribution in [0.2, 0.25) is 0 Å². The van der Waals surface area contributed by atoms with Gasteiger partial charge in [-0.3, -0.25) is 4.79 Å². The maximum absolute atomic E-state index is 10.6. The summed E-state index contributed by atoms with van der Waals surface area (Å²) in [5, 5.41) is 2.41. The number of hydrogen-bond acceptors (Lipinski definition) is 4. The number of carbonyl (C=O) groups is 1. The van der Waals surface area contributed by atoms with Gasteiger partial charge in [0.05, 0.1) is 12.3 Å². The first kappa shape index (κ1) is 12.8. The highest BCUT2D eigenvalue weighted by atomic mass is 32.1. The Morgan fingerprint density at radius 2 is 2.22 bits per heavy atom. The number of rotatable bonds is 5. The summed E-state index contributed by atoms with van der Waals surface area (Å²) < 4.78 is 5.57. The average Bonchev–Trinajstić information content (AvgIpc) is 2.88. The van der Waals surface area contributed by atoms with Gasteiger partial charge in [0.1, 0.15) is 5.75 Å². The van der Waals surface area contributed by atoms with Gasteiger partial charge in [0.25, 0.3) is 0 Å². The van der Waals surface area contributed by atoms with Crippen molar-refractivity contribution >= 4 is 17.6 Å². The molecule has 0 aliphatic heterocycles. The molecule has 2 aromatic rings. The largest absolute Gasteiger partial charge is 0.494 e. The molecule has 0 spiro atoms. The summed E-state index contributed by atoms with van der Waals surface area (Å²) in [4.78, 5) is 14.9. The van der Waals surface area contributed by atoms with Crippen molar-refractivity contribution in [1.82, 2.24) is 4.98 Å². The van der Waals surface area contributed by atoms with Crippen LogP contribution in [0.3, 0.4) is 0 Å². The van der Waals surface area contributed by atoms with E-state index in [0.29, 0.717) is 11.6 Å². The van der Waals surface area contributed by atoms with Crippen molar-refractivity contribution in [3.63, 3.8) is 0 Å². The maximum atomic E-state index is 10.6. The number of hydrogen-bond donors (Lipinski definition) is 0. The summed E-state index contributed by atoms with van der Waals surface area (Å²) in [6.07, 6.45) is 1.69. The molecule has 0 N–H and O–H groups in total. The molecule has 0 radical (unpaired) electrons. The molecule has 0 aliphatic carbocycles. The van der Waals surface area contributed by atoms with E-state index in [4.69, 9.17) is 4.74 Å². The first-order chi connectivity index (χ1) is 8.78. The SMILES string of the molecule is CCOc1ccc(-c2csc(C=O)n2)cc1CC. The Bertz CT molecular complexity index is 548. The fourth-order valence-corrected chi connectivity index (χ4v) is 2.41. The van der Waals surface area contributed by atoms with Crippen molar-refractivity contribution in [1.29, 1.82) is 0 Å². The minimum Gasteiger partial charge on any atom is -0.494 e. The number of nitrogens with zero attached hydrogens (tertiary/aromatic N) is 1. The Labute approximate surface area is 110 Å². The van der Waals surface area contributed by atoms with Gasteiger partial charge in [-0.1, -0.05) is 6.92 Å². The fraction of sp³-hybridized carbons (Fsp3) is 0.286. The molecule has 0 unspecified atom stereocenters. The molecular formula is C14H15NO2S. The third kappa shape index (κ3) is 2.59. The summed E-state index contributed by atoms with van der Waals surface area (Å²) >= 11 is 1.36. The van der Waals surface area contributed by atoms with Gasteiger partial charge in [-0.2, -0.15) is 0 Å². The Morgan fingerprint density at radius 1 is 1.39 bits per heavy atom. The Morgan fingerprint density at radius 3 is 2.83 bits per heavy atom. The lowest BCUT2D eigenvalue weighted by Crippen LogP contribution is -1.96. The van der Waals surface area contributed by atoms with Crippen LogP contribution in [0.5, 0.6) is 5.75 Å². The van der Waals surface area contributed by atoms with E-state index in [1.54, 1.807) is 0 Å². The molecule has 94 valence electrons. The first-order valence-corrected chi connectivity index (χ1v) is 6.83. The van der Waals surface area contributed by atoms with E-state index in [0.717, 1.165) is 35.3 Å². The van der Waals surface area contributed by atoms with E-state index in [1.165, 1.54) is 11.3 Å². The number of aryl methyl sites for hydroxylation is 1. The average molecular weight is 261 g/mol. The normalized spacial score (nSPS) is 10.3. The molecule has 1 heterocycles. The predicted molar refractivity (Wildman–Crippen MR) is 73.5 cm³/mol. The zero-order valence-corrected chi connectivity index (χ0v) is 11.3. The summed E-state index contributed by atoms with van der Waals surface area (Å²) in [5.74, 6) is 0.926. The summed E-state index contributed by atoms with van der Waals surface area (Å²) in [5.41, 5.74) is 3.04. The second-order valence-corrected chi connectivity index (χ2v) is 4.69. The van der Waals surface area contributed by atoms with Gasteiger partial charge < -0.3 is 4.74 Å². The summed E-state index contributed by atoms with van der Waals surface area (Å²) in [6.45, 7) is 4.74. The van der Waals surface area contributed by atoms with Crippen LogP contribution < -0.4 is 4.74 Å². The molecule has 0 bridgehead atoms. The molecule has 1 aromatic heterocycles. The Kier molecular flexibility index (Phi) is 4.10. The zero-order valence-electron chi connectivity index (χ0n) is 10.5. The second kappa shape index (κ2) is 5.78. The summed E-state index contributed by atoms with van der Waals surface area (Å²) in [7, 11) is 0. The van der Waals surface area contributed by atoms with E-state index in [2.05, 4.69) is 18.0 Å². The molecule has 4 heteroatoms. The molecule has 0 aliphatic rings. The monoisotopic (exact) mass is 261 g/mol. The highest BCUT2D eigenvalue weighted by molar-refractivity contribution is 7.11. The second-order valence-electron chi connectivity index (χ2n) is 3.80. The smallest absolute Gasteiger partial charge is 0.178 e. The molecule has 18 heavy (non-hydrogen) atoms. The van der Waals surface area contributed by atoms with Crippen LogP contribution in [0.15, 0.2) is 23.6 Å². The Balaban J connectivity index is 2.37. The van der Waals surface area contributed by atoms with Gasteiger partial charge in [0.15, 0.2) is 11.3 Å². The van der Waals surface area contributed by atoms with Crippen molar-refractivity contribution in [2.75, 3.05) is 6.61 Å². The third-order valence-electron chi connectivity index (χ3n) is 2.66. The molecule has 1 aromatic carbocycles. The molecule has 0 saturated carbocycles. The maximum Gasteiger partial charge on any atom is 0.178 e. The highest BCUT2D eigenvalue weighted by Gasteiger charge is 2.08. The number of aldehydes is 1. The predicted octanol–water partition coefficient (Wildman–Crippen LogP) is 3.58. The number of ether oxygens (including phenoxy) is 1. The first-order valence-electron chi connectivity index (χ1n) is 5.95. The van der Waals surface area contributed by atoms with Gasteiger partial charge in [-0.25, -0.2) is 4.98 Å². The van der Waals surface area contributed by atoms with E-state index < -0.39 is 0 Å². The van der Waals surface area contributed by atoms with E-state index in [9.17, 15) is 4.79 Å². The van der Waals surface area contributed by atoms with Crippen LogP contribution in [-0.2, 0) is 6.42 Å². The van der Waals surface area contributed by atoms with Crippen molar-refractivity contribution in [2.24, 2.45) is 0 Å². The molecule has 0 fully saturated rings. The Hall–Kier alpha value is -1.68. The zero-order chi connectivity index (χ0) is 13.0. The fourth-order valence-electron chi connectivity index (χ4n) is 1.79. The van der Waals surface area contributed by atoms with Crippen LogP contribution in [0, 0.1) is 0 Å². The molecule has 2 rings (SSSR count). The van der Waals surface area contributed by atoms with Gasteiger partial charge in [-0.15, -0.1) is 11.3 Å². The quantitative estimate of drug-likeness (QED) is 0.772. The van der Waals surface area contributed by atoms with E-state index >= 15 is 0 Å². The molecule has 3 nitrogen and oxygen atoms in total. The molecule has 0 amide bonds. The number of benzene rings is 1. The van der Waals surface area contributed by atoms with Crippen LogP contribution in [-0.4, -0.2) is 17.9 Å². The van der Waals surface area contributed by atoms with Gasteiger partial charge in [0, 0.05) is 10.9 Å². The van der Waals surface area contributed by atoms with Gasteiger partial charge in [-0.05, 0) is 37.1 Å². The minimum atomic E-state index is 0.511.